The molecule has 3 aromatic rings. The Morgan fingerprint density at radius 2 is 2.00 bits per heavy atom. The first-order chi connectivity index (χ1) is 10.0. The highest BCUT2D eigenvalue weighted by Gasteiger charge is 2.16. The summed E-state index contributed by atoms with van der Waals surface area (Å²) < 4.78 is 3.33. The van der Waals surface area contributed by atoms with E-state index in [4.69, 9.17) is 11.6 Å². The van der Waals surface area contributed by atoms with Crippen LogP contribution >= 0.6 is 11.6 Å². The van der Waals surface area contributed by atoms with E-state index in [1.165, 1.54) is 0 Å². The van der Waals surface area contributed by atoms with Crippen LogP contribution in [0.25, 0.3) is 11.3 Å². The van der Waals surface area contributed by atoms with Crippen molar-refractivity contribution in [2.75, 3.05) is 0 Å². The fourth-order valence-corrected chi connectivity index (χ4v) is 2.35. The smallest absolute Gasteiger partial charge is 0.136 e. The van der Waals surface area contributed by atoms with E-state index in [1.54, 1.807) is 28.8 Å². The van der Waals surface area contributed by atoms with Gasteiger partial charge in [0.25, 0.3) is 0 Å². The van der Waals surface area contributed by atoms with Crippen molar-refractivity contribution in [2.45, 2.75) is 20.4 Å². The molecule has 3 aromatic heterocycles. The predicted molar refractivity (Wildman–Crippen MR) is 77.8 cm³/mol. The van der Waals surface area contributed by atoms with Crippen LogP contribution in [0.1, 0.15) is 17.1 Å². The molecular formula is C13H14ClN7. The van der Waals surface area contributed by atoms with Gasteiger partial charge in [-0.3, -0.25) is 14.6 Å². The third-order valence-corrected chi connectivity index (χ3v) is 3.54. The lowest BCUT2D eigenvalue weighted by molar-refractivity contribution is 0.636. The Morgan fingerprint density at radius 1 is 1.19 bits per heavy atom. The summed E-state index contributed by atoms with van der Waals surface area (Å²) in [5.41, 5.74) is 4.04. The number of halogens is 1. The van der Waals surface area contributed by atoms with Crippen molar-refractivity contribution in [1.29, 1.82) is 0 Å². The van der Waals surface area contributed by atoms with E-state index in [1.807, 2.05) is 20.0 Å². The number of nitrogens with zero attached hydrogens (tertiary/aromatic N) is 7. The summed E-state index contributed by atoms with van der Waals surface area (Å²) in [6, 6.07) is 0. The van der Waals surface area contributed by atoms with Crippen molar-refractivity contribution in [2.24, 2.45) is 7.05 Å². The highest BCUT2D eigenvalue weighted by molar-refractivity contribution is 6.32. The quantitative estimate of drug-likeness (QED) is 0.737. The minimum atomic E-state index is 0.511. The van der Waals surface area contributed by atoms with Gasteiger partial charge in [0.2, 0.25) is 0 Å². The van der Waals surface area contributed by atoms with Gasteiger partial charge in [0, 0.05) is 13.2 Å². The maximum Gasteiger partial charge on any atom is 0.136 e. The van der Waals surface area contributed by atoms with Gasteiger partial charge in [-0.1, -0.05) is 16.8 Å². The number of aryl methyl sites for hydroxylation is 3. The Labute approximate surface area is 126 Å². The van der Waals surface area contributed by atoms with Crippen molar-refractivity contribution >= 4 is 11.6 Å². The largest absolute Gasteiger partial charge is 0.258 e. The average molecular weight is 304 g/mol. The Bertz CT molecular complexity index is 772. The summed E-state index contributed by atoms with van der Waals surface area (Å²) in [7, 11) is 1.80. The van der Waals surface area contributed by atoms with Gasteiger partial charge in [-0.25, -0.2) is 4.68 Å². The van der Waals surface area contributed by atoms with Crippen molar-refractivity contribution < 1.29 is 0 Å². The molecule has 0 aliphatic rings. The van der Waals surface area contributed by atoms with Crippen molar-refractivity contribution in [3.63, 3.8) is 0 Å². The maximum atomic E-state index is 6.24. The summed E-state index contributed by atoms with van der Waals surface area (Å²) in [5, 5.41) is 13.1. The molecule has 0 spiro atoms. The first-order valence-electron chi connectivity index (χ1n) is 6.41. The van der Waals surface area contributed by atoms with Crippen LogP contribution in [0.2, 0.25) is 5.15 Å². The van der Waals surface area contributed by atoms with Gasteiger partial charge in [-0.2, -0.15) is 5.10 Å². The molecule has 21 heavy (non-hydrogen) atoms. The molecule has 0 unspecified atom stereocenters. The van der Waals surface area contributed by atoms with E-state index in [-0.39, 0.29) is 0 Å². The first-order valence-corrected chi connectivity index (χ1v) is 6.79. The molecule has 0 radical (unpaired) electrons. The van der Waals surface area contributed by atoms with E-state index in [9.17, 15) is 0 Å². The van der Waals surface area contributed by atoms with Gasteiger partial charge in [-0.15, -0.1) is 5.10 Å². The fraction of sp³-hybridized carbons (Fsp3) is 0.308. The van der Waals surface area contributed by atoms with Crippen LogP contribution in [0.3, 0.4) is 0 Å². The molecule has 7 nitrogen and oxygen atoms in total. The van der Waals surface area contributed by atoms with Crippen LogP contribution < -0.4 is 0 Å². The third kappa shape index (κ3) is 2.64. The molecule has 3 rings (SSSR count). The normalized spacial score (nSPS) is 11.0. The van der Waals surface area contributed by atoms with Gasteiger partial charge in [0.1, 0.15) is 10.8 Å². The molecule has 0 aromatic carbocycles. The molecule has 0 aliphatic heterocycles. The molecule has 0 bridgehead atoms. The molecule has 0 N–H and O–H groups in total. The van der Waals surface area contributed by atoms with Gasteiger partial charge >= 0.3 is 0 Å². The molecule has 8 heteroatoms. The van der Waals surface area contributed by atoms with Crippen LogP contribution in [-0.4, -0.2) is 34.7 Å². The monoisotopic (exact) mass is 303 g/mol. The zero-order valence-corrected chi connectivity index (χ0v) is 12.7. The fourth-order valence-electron chi connectivity index (χ4n) is 2.08. The molecule has 0 atom stereocenters. The molecule has 3 heterocycles. The zero-order valence-electron chi connectivity index (χ0n) is 11.9. The minimum absolute atomic E-state index is 0.511. The molecular weight excluding hydrogens is 290 g/mol. The summed E-state index contributed by atoms with van der Waals surface area (Å²) in [4.78, 5) is 8.51. The molecule has 0 amide bonds. The topological polar surface area (TPSA) is 74.3 Å². The number of aromatic nitrogens is 7. The molecule has 0 saturated carbocycles. The number of hydrogen-bond acceptors (Lipinski definition) is 5. The Hall–Kier alpha value is -2.28. The number of rotatable bonds is 3. The second-order valence-electron chi connectivity index (χ2n) is 4.83. The second kappa shape index (κ2) is 5.25. The first kappa shape index (κ1) is 13.7. The van der Waals surface area contributed by atoms with Crippen molar-refractivity contribution in [1.82, 2.24) is 34.7 Å². The zero-order chi connectivity index (χ0) is 15.0. The highest BCUT2D eigenvalue weighted by atomic mass is 35.5. The van der Waals surface area contributed by atoms with Gasteiger partial charge in [-0.05, 0) is 13.8 Å². The maximum absolute atomic E-state index is 6.24. The van der Waals surface area contributed by atoms with E-state index < -0.39 is 0 Å². The van der Waals surface area contributed by atoms with E-state index in [0.717, 1.165) is 22.6 Å². The molecule has 0 aliphatic carbocycles. The lowest BCUT2D eigenvalue weighted by Gasteiger charge is -1.99. The molecule has 0 fully saturated rings. The SMILES string of the molecule is Cc1cnc(Cn2cc(-c3c(C)nn(C)c3Cl)nn2)cn1. The predicted octanol–water partition coefficient (Wildman–Crippen LogP) is 1.79. The highest BCUT2D eigenvalue weighted by Crippen LogP contribution is 2.28. The standard InChI is InChI=1S/C13H14ClN7/c1-8-4-16-10(5-15-8)6-21-7-11(17-19-21)12-9(2)18-20(3)13(12)14/h4-5,7H,6H2,1-3H3. The van der Waals surface area contributed by atoms with Crippen LogP contribution in [0, 0.1) is 13.8 Å². The van der Waals surface area contributed by atoms with Gasteiger partial charge in [0.15, 0.2) is 0 Å². The van der Waals surface area contributed by atoms with E-state index in [2.05, 4.69) is 25.4 Å². The summed E-state index contributed by atoms with van der Waals surface area (Å²) in [6.07, 6.45) is 5.30. The van der Waals surface area contributed by atoms with Crippen LogP contribution in [0.5, 0.6) is 0 Å². The van der Waals surface area contributed by atoms with Crippen LogP contribution in [-0.2, 0) is 13.6 Å². The third-order valence-electron chi connectivity index (χ3n) is 3.11. The Balaban J connectivity index is 1.88. The lowest BCUT2D eigenvalue weighted by Crippen LogP contribution is -2.03. The van der Waals surface area contributed by atoms with Crippen molar-refractivity contribution in [3.8, 4) is 11.3 Å². The lowest BCUT2D eigenvalue weighted by atomic mass is 10.2. The average Bonchev–Trinajstić information content (AvgIpc) is 2.98. The minimum Gasteiger partial charge on any atom is -0.258 e. The van der Waals surface area contributed by atoms with Crippen LogP contribution in [0.15, 0.2) is 18.6 Å². The van der Waals surface area contributed by atoms with Gasteiger partial charge in [0.05, 0.1) is 41.6 Å². The van der Waals surface area contributed by atoms with Crippen LogP contribution in [0.4, 0.5) is 0 Å². The van der Waals surface area contributed by atoms with E-state index in [0.29, 0.717) is 17.4 Å². The Morgan fingerprint density at radius 3 is 2.62 bits per heavy atom. The number of hydrogen-bond donors (Lipinski definition) is 0. The summed E-state index contributed by atoms with van der Waals surface area (Å²) >= 11 is 6.24. The second-order valence-corrected chi connectivity index (χ2v) is 5.18. The molecule has 0 saturated heterocycles. The molecule has 108 valence electrons. The Kier molecular flexibility index (Phi) is 3.42. The summed E-state index contributed by atoms with van der Waals surface area (Å²) in [5.74, 6) is 0. The van der Waals surface area contributed by atoms with E-state index >= 15 is 0 Å². The van der Waals surface area contributed by atoms with Gasteiger partial charge < -0.3 is 0 Å². The summed E-state index contributed by atoms with van der Waals surface area (Å²) in [6.45, 7) is 4.31. The van der Waals surface area contributed by atoms with Crippen molar-refractivity contribution in [3.05, 3.63) is 40.8 Å².